The first-order chi connectivity index (χ1) is 6.66. The van der Waals surface area contributed by atoms with Gasteiger partial charge in [-0.15, -0.1) is 0 Å². The number of Topliss-reactive ketones (excluding diaryl/α,β-unsaturated/α-hetero) is 1. The van der Waals surface area contributed by atoms with Crippen LogP contribution in [-0.4, -0.2) is 15.3 Å². The summed E-state index contributed by atoms with van der Waals surface area (Å²) in [4.78, 5) is 15.7. The number of carbonyl (C=O) groups excluding carboxylic acids is 1. The minimum Gasteiger partial charge on any atom is -0.325 e. The lowest BCUT2D eigenvalue weighted by molar-refractivity contribution is -0.120. The lowest BCUT2D eigenvalue weighted by atomic mass is 10.1. The molecule has 2 heterocycles. The smallest absolute Gasteiger partial charge is 0.152 e. The summed E-state index contributed by atoms with van der Waals surface area (Å²) in [5.74, 6) is 2.00. The molecule has 0 aromatic carbocycles. The van der Waals surface area contributed by atoms with Crippen molar-refractivity contribution in [3.63, 3.8) is 0 Å². The van der Waals surface area contributed by atoms with Crippen molar-refractivity contribution in [3.8, 4) is 0 Å². The third-order valence-corrected chi connectivity index (χ3v) is 2.61. The number of carbonyl (C=O) groups is 1. The SMILES string of the molecule is CC(C)Cc1ncc2n1CC(=O)CC2. The maximum Gasteiger partial charge on any atom is 0.152 e. The Hall–Kier alpha value is -1.12. The lowest BCUT2D eigenvalue weighted by Gasteiger charge is -2.16. The molecule has 0 atom stereocenters. The summed E-state index contributed by atoms with van der Waals surface area (Å²) < 4.78 is 2.09. The van der Waals surface area contributed by atoms with Crippen LogP contribution in [0.15, 0.2) is 6.20 Å². The molecule has 0 spiro atoms. The Bertz CT molecular complexity index is 352. The molecule has 1 aromatic heterocycles. The van der Waals surface area contributed by atoms with Gasteiger partial charge in [0.05, 0.1) is 6.54 Å². The maximum atomic E-state index is 11.3. The average molecular weight is 192 g/mol. The molecule has 3 heteroatoms. The molecule has 1 aliphatic heterocycles. The fourth-order valence-corrected chi connectivity index (χ4v) is 1.90. The fraction of sp³-hybridized carbons (Fsp3) is 0.636. The number of fused-ring (bicyclic) bond motifs is 1. The molecular weight excluding hydrogens is 176 g/mol. The first-order valence-electron chi connectivity index (χ1n) is 5.22. The second-order valence-corrected chi connectivity index (χ2v) is 4.39. The summed E-state index contributed by atoms with van der Waals surface area (Å²) in [6.07, 6.45) is 4.44. The number of aryl methyl sites for hydroxylation is 1. The van der Waals surface area contributed by atoms with E-state index in [1.165, 1.54) is 5.69 Å². The van der Waals surface area contributed by atoms with E-state index >= 15 is 0 Å². The summed E-state index contributed by atoms with van der Waals surface area (Å²) in [5.41, 5.74) is 1.22. The molecule has 0 saturated carbocycles. The molecule has 14 heavy (non-hydrogen) atoms. The summed E-state index contributed by atoms with van der Waals surface area (Å²) >= 11 is 0. The topological polar surface area (TPSA) is 34.9 Å². The zero-order valence-electron chi connectivity index (χ0n) is 8.79. The first kappa shape index (κ1) is 9.44. The van der Waals surface area contributed by atoms with Crippen molar-refractivity contribution in [1.82, 2.24) is 9.55 Å². The van der Waals surface area contributed by atoms with Gasteiger partial charge in [0.25, 0.3) is 0 Å². The Morgan fingerprint density at radius 3 is 3.00 bits per heavy atom. The largest absolute Gasteiger partial charge is 0.325 e. The molecule has 0 bridgehead atoms. The molecule has 0 unspecified atom stereocenters. The summed E-state index contributed by atoms with van der Waals surface area (Å²) in [6, 6.07) is 0. The van der Waals surface area contributed by atoms with Gasteiger partial charge in [-0.2, -0.15) is 0 Å². The number of aromatic nitrogens is 2. The molecule has 1 aliphatic rings. The minimum absolute atomic E-state index is 0.334. The highest BCUT2D eigenvalue weighted by atomic mass is 16.1. The van der Waals surface area contributed by atoms with E-state index < -0.39 is 0 Å². The Morgan fingerprint density at radius 1 is 1.50 bits per heavy atom. The molecule has 1 aromatic rings. The summed E-state index contributed by atoms with van der Waals surface area (Å²) in [5, 5.41) is 0. The number of nitrogens with zero attached hydrogens (tertiary/aromatic N) is 2. The maximum absolute atomic E-state index is 11.3. The summed E-state index contributed by atoms with van der Waals surface area (Å²) in [6.45, 7) is 4.88. The van der Waals surface area contributed by atoms with Gasteiger partial charge in [-0.1, -0.05) is 13.8 Å². The van der Waals surface area contributed by atoms with Crippen LogP contribution in [0.3, 0.4) is 0 Å². The van der Waals surface area contributed by atoms with Crippen LogP contribution in [0.25, 0.3) is 0 Å². The standard InChI is InChI=1S/C11H16N2O/c1-8(2)5-11-12-6-9-3-4-10(14)7-13(9)11/h6,8H,3-5,7H2,1-2H3. The van der Waals surface area contributed by atoms with Gasteiger partial charge in [-0.25, -0.2) is 4.98 Å². The van der Waals surface area contributed by atoms with Gasteiger partial charge in [-0.05, 0) is 12.3 Å². The predicted molar refractivity (Wildman–Crippen MR) is 54.1 cm³/mol. The molecule has 0 saturated heterocycles. The van der Waals surface area contributed by atoms with E-state index in [1.54, 1.807) is 0 Å². The van der Waals surface area contributed by atoms with E-state index in [9.17, 15) is 4.79 Å². The van der Waals surface area contributed by atoms with Crippen LogP contribution in [0.5, 0.6) is 0 Å². The van der Waals surface area contributed by atoms with Gasteiger partial charge < -0.3 is 4.57 Å². The molecule has 3 nitrogen and oxygen atoms in total. The molecule has 2 rings (SSSR count). The van der Waals surface area contributed by atoms with E-state index in [0.29, 0.717) is 24.7 Å². The second-order valence-electron chi connectivity index (χ2n) is 4.39. The number of hydrogen-bond acceptors (Lipinski definition) is 2. The van der Waals surface area contributed by atoms with Gasteiger partial charge in [0.1, 0.15) is 5.82 Å². The highest BCUT2D eigenvalue weighted by Gasteiger charge is 2.18. The van der Waals surface area contributed by atoms with Crippen molar-refractivity contribution in [1.29, 1.82) is 0 Å². The molecule has 0 fully saturated rings. The van der Waals surface area contributed by atoms with Gasteiger partial charge in [0.2, 0.25) is 0 Å². The minimum atomic E-state index is 0.334. The van der Waals surface area contributed by atoms with Crippen LogP contribution < -0.4 is 0 Å². The number of rotatable bonds is 2. The third kappa shape index (κ3) is 1.72. The van der Waals surface area contributed by atoms with Crippen molar-refractivity contribution in [2.45, 2.75) is 39.7 Å². The number of hydrogen-bond donors (Lipinski definition) is 0. The van der Waals surface area contributed by atoms with Crippen LogP contribution >= 0.6 is 0 Å². The highest BCUT2D eigenvalue weighted by molar-refractivity contribution is 5.79. The number of ketones is 1. The molecule has 0 N–H and O–H groups in total. The van der Waals surface area contributed by atoms with Crippen LogP contribution in [-0.2, 0) is 24.2 Å². The van der Waals surface area contributed by atoms with E-state index in [2.05, 4.69) is 23.4 Å². The Morgan fingerprint density at radius 2 is 2.29 bits per heavy atom. The summed E-state index contributed by atoms with van der Waals surface area (Å²) in [7, 11) is 0. The monoisotopic (exact) mass is 192 g/mol. The van der Waals surface area contributed by atoms with E-state index in [0.717, 1.165) is 18.7 Å². The number of imidazole rings is 1. The zero-order chi connectivity index (χ0) is 10.1. The van der Waals surface area contributed by atoms with Crippen LogP contribution in [0.4, 0.5) is 0 Å². The van der Waals surface area contributed by atoms with Crippen LogP contribution in [0.2, 0.25) is 0 Å². The van der Waals surface area contributed by atoms with E-state index in [4.69, 9.17) is 0 Å². The van der Waals surface area contributed by atoms with Gasteiger partial charge in [0.15, 0.2) is 5.78 Å². The molecule has 0 amide bonds. The third-order valence-electron chi connectivity index (χ3n) is 2.61. The van der Waals surface area contributed by atoms with Crippen LogP contribution in [0.1, 0.15) is 31.8 Å². The highest BCUT2D eigenvalue weighted by Crippen LogP contribution is 2.16. The van der Waals surface area contributed by atoms with Crippen molar-refractivity contribution < 1.29 is 4.79 Å². The molecule has 76 valence electrons. The zero-order valence-corrected chi connectivity index (χ0v) is 8.79. The fourth-order valence-electron chi connectivity index (χ4n) is 1.90. The molecular formula is C11H16N2O. The van der Waals surface area contributed by atoms with Gasteiger partial charge in [0, 0.05) is 24.7 Å². The Kier molecular flexibility index (Phi) is 2.40. The molecule has 0 radical (unpaired) electrons. The van der Waals surface area contributed by atoms with Crippen molar-refractivity contribution >= 4 is 5.78 Å². The Labute approximate surface area is 84.1 Å². The molecule has 0 aliphatic carbocycles. The normalized spacial score (nSPS) is 16.1. The second kappa shape index (κ2) is 3.56. The van der Waals surface area contributed by atoms with Crippen LogP contribution in [0, 0.1) is 5.92 Å². The van der Waals surface area contributed by atoms with E-state index in [1.807, 2.05) is 6.20 Å². The Balaban J connectivity index is 2.26. The van der Waals surface area contributed by atoms with E-state index in [-0.39, 0.29) is 0 Å². The predicted octanol–water partition coefficient (Wildman–Crippen LogP) is 1.60. The van der Waals surface area contributed by atoms with Crippen molar-refractivity contribution in [2.75, 3.05) is 0 Å². The quantitative estimate of drug-likeness (QED) is 0.713. The van der Waals surface area contributed by atoms with Gasteiger partial charge >= 0.3 is 0 Å². The van der Waals surface area contributed by atoms with Gasteiger partial charge in [-0.3, -0.25) is 4.79 Å². The average Bonchev–Trinajstić information content (AvgIpc) is 2.47. The lowest BCUT2D eigenvalue weighted by Crippen LogP contribution is -2.21. The van der Waals surface area contributed by atoms with Crippen molar-refractivity contribution in [3.05, 3.63) is 17.7 Å². The van der Waals surface area contributed by atoms with Crippen molar-refractivity contribution in [2.24, 2.45) is 5.92 Å². The first-order valence-corrected chi connectivity index (χ1v) is 5.22.